The minimum Gasteiger partial charge on any atom is -0.353 e. The third-order valence-corrected chi connectivity index (χ3v) is 4.10. The number of nitrogens with zero attached hydrogens (tertiary/aromatic N) is 2. The van der Waals surface area contributed by atoms with Gasteiger partial charge < -0.3 is 14.8 Å². The standard InChI is InChI=1S/C16H27N3O/c1-3-10-17-13-16(20)19-12-6-4-5-8-15(19)14-9-7-11-18(14)2/h7,9,11,15,17H,3-6,8,10,12-13H2,1-2H3. The predicted octanol–water partition coefficient (Wildman–Crippen LogP) is 2.47. The van der Waals surface area contributed by atoms with E-state index >= 15 is 0 Å². The maximum atomic E-state index is 12.5. The highest BCUT2D eigenvalue weighted by atomic mass is 16.2. The first-order valence-corrected chi connectivity index (χ1v) is 7.85. The Bertz CT molecular complexity index is 427. The van der Waals surface area contributed by atoms with Crippen LogP contribution in [0.5, 0.6) is 0 Å². The van der Waals surface area contributed by atoms with Gasteiger partial charge in [-0.3, -0.25) is 4.79 Å². The van der Waals surface area contributed by atoms with Crippen molar-refractivity contribution in [2.75, 3.05) is 19.6 Å². The number of aromatic nitrogens is 1. The molecule has 1 saturated heterocycles. The van der Waals surface area contributed by atoms with Gasteiger partial charge in [-0.2, -0.15) is 0 Å². The van der Waals surface area contributed by atoms with Crippen molar-refractivity contribution < 1.29 is 4.79 Å². The van der Waals surface area contributed by atoms with Gasteiger partial charge in [-0.25, -0.2) is 0 Å². The predicted molar refractivity (Wildman–Crippen MR) is 81.5 cm³/mol. The molecule has 2 heterocycles. The van der Waals surface area contributed by atoms with Crippen molar-refractivity contribution in [3.63, 3.8) is 0 Å². The minimum absolute atomic E-state index is 0.242. The van der Waals surface area contributed by atoms with E-state index in [1.807, 2.05) is 0 Å². The Labute approximate surface area is 122 Å². The average molecular weight is 277 g/mol. The van der Waals surface area contributed by atoms with E-state index in [4.69, 9.17) is 0 Å². The molecule has 0 spiro atoms. The molecule has 20 heavy (non-hydrogen) atoms. The number of hydrogen-bond donors (Lipinski definition) is 1. The summed E-state index contributed by atoms with van der Waals surface area (Å²) in [6.07, 6.45) is 7.78. The van der Waals surface area contributed by atoms with Crippen molar-refractivity contribution in [2.24, 2.45) is 7.05 Å². The number of rotatable bonds is 5. The Morgan fingerprint density at radius 1 is 1.40 bits per heavy atom. The third kappa shape index (κ3) is 3.63. The van der Waals surface area contributed by atoms with E-state index in [0.717, 1.165) is 32.4 Å². The molecule has 1 amide bonds. The first-order valence-electron chi connectivity index (χ1n) is 7.85. The fourth-order valence-electron chi connectivity index (χ4n) is 3.01. The minimum atomic E-state index is 0.242. The molecule has 0 bridgehead atoms. The highest BCUT2D eigenvalue weighted by Gasteiger charge is 2.27. The quantitative estimate of drug-likeness (QED) is 0.840. The summed E-state index contributed by atoms with van der Waals surface area (Å²) in [5.41, 5.74) is 1.26. The molecule has 1 aromatic heterocycles. The fraction of sp³-hybridized carbons (Fsp3) is 0.688. The molecule has 1 unspecified atom stereocenters. The number of carbonyl (C=O) groups is 1. The number of aryl methyl sites for hydroxylation is 1. The molecule has 112 valence electrons. The van der Waals surface area contributed by atoms with Crippen molar-refractivity contribution in [3.05, 3.63) is 24.0 Å². The molecule has 1 aromatic rings. The first-order chi connectivity index (χ1) is 9.74. The van der Waals surface area contributed by atoms with E-state index < -0.39 is 0 Å². The molecule has 1 aliphatic heterocycles. The number of likely N-dealkylation sites (tertiary alicyclic amines) is 1. The summed E-state index contributed by atoms with van der Waals surface area (Å²) in [5.74, 6) is 0.242. The lowest BCUT2D eigenvalue weighted by atomic mass is 10.1. The smallest absolute Gasteiger partial charge is 0.237 e. The molecule has 2 rings (SSSR count). The van der Waals surface area contributed by atoms with Crippen LogP contribution in [0, 0.1) is 0 Å². The van der Waals surface area contributed by atoms with Gasteiger partial charge in [0, 0.05) is 25.5 Å². The summed E-state index contributed by atoms with van der Waals surface area (Å²) in [7, 11) is 2.07. The highest BCUT2D eigenvalue weighted by molar-refractivity contribution is 5.78. The summed E-state index contributed by atoms with van der Waals surface area (Å²) in [4.78, 5) is 14.6. The van der Waals surface area contributed by atoms with Gasteiger partial charge in [-0.05, 0) is 37.9 Å². The zero-order valence-corrected chi connectivity index (χ0v) is 12.8. The molecule has 0 aromatic carbocycles. The second-order valence-corrected chi connectivity index (χ2v) is 5.67. The highest BCUT2D eigenvalue weighted by Crippen LogP contribution is 2.30. The summed E-state index contributed by atoms with van der Waals surface area (Å²) < 4.78 is 2.15. The fourth-order valence-corrected chi connectivity index (χ4v) is 3.01. The lowest BCUT2D eigenvalue weighted by Gasteiger charge is -2.30. The average Bonchev–Trinajstić information content (AvgIpc) is 2.73. The molecule has 0 radical (unpaired) electrons. The van der Waals surface area contributed by atoms with Crippen molar-refractivity contribution in [2.45, 2.75) is 45.1 Å². The van der Waals surface area contributed by atoms with Gasteiger partial charge in [0.2, 0.25) is 5.91 Å². The summed E-state index contributed by atoms with van der Waals surface area (Å²) in [5, 5.41) is 3.23. The maximum absolute atomic E-state index is 12.5. The lowest BCUT2D eigenvalue weighted by molar-refractivity contribution is -0.132. The van der Waals surface area contributed by atoms with E-state index in [9.17, 15) is 4.79 Å². The largest absolute Gasteiger partial charge is 0.353 e. The number of amides is 1. The second kappa shape index (κ2) is 7.48. The first kappa shape index (κ1) is 15.1. The Morgan fingerprint density at radius 3 is 2.95 bits per heavy atom. The molecule has 1 fully saturated rings. The van der Waals surface area contributed by atoms with Crippen LogP contribution in [0.15, 0.2) is 18.3 Å². The van der Waals surface area contributed by atoms with Gasteiger partial charge in [0.15, 0.2) is 0 Å². The molecule has 0 saturated carbocycles. The summed E-state index contributed by atoms with van der Waals surface area (Å²) in [6.45, 7) is 4.39. The van der Waals surface area contributed by atoms with Gasteiger partial charge in [0.25, 0.3) is 0 Å². The van der Waals surface area contributed by atoms with Gasteiger partial charge in [0.05, 0.1) is 12.6 Å². The lowest BCUT2D eigenvalue weighted by Crippen LogP contribution is -2.41. The van der Waals surface area contributed by atoms with Gasteiger partial charge in [-0.15, -0.1) is 0 Å². The van der Waals surface area contributed by atoms with Crippen LogP contribution >= 0.6 is 0 Å². The monoisotopic (exact) mass is 277 g/mol. The maximum Gasteiger partial charge on any atom is 0.237 e. The van der Waals surface area contributed by atoms with Gasteiger partial charge >= 0.3 is 0 Å². The molecular formula is C16H27N3O. The second-order valence-electron chi connectivity index (χ2n) is 5.67. The van der Waals surface area contributed by atoms with E-state index in [1.54, 1.807) is 0 Å². The van der Waals surface area contributed by atoms with Crippen LogP contribution in [0.1, 0.15) is 50.8 Å². The Kier molecular flexibility index (Phi) is 5.65. The Hall–Kier alpha value is -1.29. The molecule has 1 atom stereocenters. The molecule has 1 N–H and O–H groups in total. The normalized spacial score (nSPS) is 19.9. The topological polar surface area (TPSA) is 37.3 Å². The van der Waals surface area contributed by atoms with Crippen molar-refractivity contribution in [1.29, 1.82) is 0 Å². The van der Waals surface area contributed by atoms with Crippen LogP contribution in [-0.2, 0) is 11.8 Å². The van der Waals surface area contributed by atoms with Crippen LogP contribution < -0.4 is 5.32 Å². The third-order valence-electron chi connectivity index (χ3n) is 4.10. The number of hydrogen-bond acceptors (Lipinski definition) is 2. The zero-order chi connectivity index (χ0) is 14.4. The molecule has 1 aliphatic rings. The van der Waals surface area contributed by atoms with Crippen LogP contribution in [0.2, 0.25) is 0 Å². The van der Waals surface area contributed by atoms with Gasteiger partial charge in [0.1, 0.15) is 0 Å². The van der Waals surface area contributed by atoms with Crippen LogP contribution in [0.3, 0.4) is 0 Å². The molecule has 4 heteroatoms. The zero-order valence-electron chi connectivity index (χ0n) is 12.8. The SMILES string of the molecule is CCCNCC(=O)N1CCCCCC1c1cccn1C. The summed E-state index contributed by atoms with van der Waals surface area (Å²) >= 11 is 0. The van der Waals surface area contributed by atoms with E-state index in [2.05, 4.69) is 47.1 Å². The van der Waals surface area contributed by atoms with Crippen molar-refractivity contribution >= 4 is 5.91 Å². The van der Waals surface area contributed by atoms with Crippen molar-refractivity contribution in [3.8, 4) is 0 Å². The van der Waals surface area contributed by atoms with E-state index in [0.29, 0.717) is 6.54 Å². The van der Waals surface area contributed by atoms with Crippen LogP contribution in [0.4, 0.5) is 0 Å². The number of carbonyl (C=O) groups excluding carboxylic acids is 1. The van der Waals surface area contributed by atoms with Crippen LogP contribution in [-0.4, -0.2) is 35.0 Å². The summed E-state index contributed by atoms with van der Waals surface area (Å²) in [6, 6.07) is 4.46. The van der Waals surface area contributed by atoms with Crippen molar-refractivity contribution in [1.82, 2.24) is 14.8 Å². The Morgan fingerprint density at radius 2 is 2.25 bits per heavy atom. The van der Waals surface area contributed by atoms with Gasteiger partial charge in [-0.1, -0.05) is 19.8 Å². The molecule has 0 aliphatic carbocycles. The Balaban J connectivity index is 2.09. The van der Waals surface area contributed by atoms with E-state index in [1.165, 1.54) is 18.5 Å². The van der Waals surface area contributed by atoms with Crippen LogP contribution in [0.25, 0.3) is 0 Å². The number of nitrogens with one attached hydrogen (secondary N) is 1. The van der Waals surface area contributed by atoms with E-state index in [-0.39, 0.29) is 11.9 Å². The molecule has 4 nitrogen and oxygen atoms in total. The molecular weight excluding hydrogens is 250 g/mol.